The highest BCUT2D eigenvalue weighted by atomic mass is 35.5. The summed E-state index contributed by atoms with van der Waals surface area (Å²) in [6.07, 6.45) is 1.57. The maximum atomic E-state index is 12.3. The van der Waals surface area contributed by atoms with Gasteiger partial charge in [0.15, 0.2) is 0 Å². The van der Waals surface area contributed by atoms with Gasteiger partial charge in [-0.3, -0.25) is 4.79 Å². The first-order valence-corrected chi connectivity index (χ1v) is 8.49. The normalized spacial score (nSPS) is 10.2. The molecule has 0 fully saturated rings. The van der Waals surface area contributed by atoms with Gasteiger partial charge in [0.2, 0.25) is 0 Å². The van der Waals surface area contributed by atoms with Crippen molar-refractivity contribution < 1.29 is 14.3 Å². The highest BCUT2D eigenvalue weighted by molar-refractivity contribution is 6.32. The molecule has 0 saturated heterocycles. The second kappa shape index (κ2) is 8.42. The van der Waals surface area contributed by atoms with Gasteiger partial charge < -0.3 is 20.1 Å². The summed E-state index contributed by atoms with van der Waals surface area (Å²) in [4.78, 5) is 16.5. The van der Waals surface area contributed by atoms with Crippen molar-refractivity contribution in [3.63, 3.8) is 0 Å². The SMILES string of the molecule is COc1cc(Nc2ccc(C(=O)Nc3ccccc3)nc2)c(OC)cc1Cl. The predicted octanol–water partition coefficient (Wildman–Crippen LogP) is 4.75. The third-order valence-corrected chi connectivity index (χ3v) is 4.08. The van der Waals surface area contributed by atoms with Crippen LogP contribution in [0.2, 0.25) is 5.02 Å². The third kappa shape index (κ3) is 4.48. The van der Waals surface area contributed by atoms with Crippen LogP contribution in [0.1, 0.15) is 10.5 Å². The van der Waals surface area contributed by atoms with Crippen molar-refractivity contribution in [1.29, 1.82) is 0 Å². The summed E-state index contributed by atoms with van der Waals surface area (Å²) in [5.74, 6) is 0.803. The Balaban J connectivity index is 1.75. The van der Waals surface area contributed by atoms with Crippen molar-refractivity contribution in [2.75, 3.05) is 24.9 Å². The fourth-order valence-corrected chi connectivity index (χ4v) is 2.66. The van der Waals surface area contributed by atoms with E-state index < -0.39 is 0 Å². The number of hydrogen-bond acceptors (Lipinski definition) is 5. The number of carbonyl (C=O) groups is 1. The Kier molecular flexibility index (Phi) is 5.78. The van der Waals surface area contributed by atoms with E-state index >= 15 is 0 Å². The highest BCUT2D eigenvalue weighted by Crippen LogP contribution is 2.37. The van der Waals surface area contributed by atoms with Gasteiger partial charge in [-0.1, -0.05) is 29.8 Å². The number of pyridine rings is 1. The van der Waals surface area contributed by atoms with Crippen molar-refractivity contribution in [1.82, 2.24) is 4.98 Å². The second-order valence-electron chi connectivity index (χ2n) is 5.56. The summed E-state index contributed by atoms with van der Waals surface area (Å²) < 4.78 is 10.6. The van der Waals surface area contributed by atoms with Crippen LogP contribution in [0.15, 0.2) is 60.8 Å². The molecular formula is C20H18ClN3O3. The first kappa shape index (κ1) is 18.5. The van der Waals surface area contributed by atoms with Gasteiger partial charge in [0.25, 0.3) is 5.91 Å². The number of methoxy groups -OCH3 is 2. The van der Waals surface area contributed by atoms with E-state index in [2.05, 4.69) is 15.6 Å². The lowest BCUT2D eigenvalue weighted by Gasteiger charge is -2.14. The minimum Gasteiger partial charge on any atom is -0.495 e. The minimum absolute atomic E-state index is 0.279. The van der Waals surface area contributed by atoms with Crippen LogP contribution in [-0.4, -0.2) is 25.1 Å². The number of nitrogens with zero attached hydrogens (tertiary/aromatic N) is 1. The molecule has 0 unspecified atom stereocenters. The van der Waals surface area contributed by atoms with E-state index in [-0.39, 0.29) is 5.91 Å². The number of ether oxygens (including phenoxy) is 2. The molecule has 0 bridgehead atoms. The average Bonchev–Trinajstić information content (AvgIpc) is 2.70. The lowest BCUT2D eigenvalue weighted by Crippen LogP contribution is -2.13. The van der Waals surface area contributed by atoms with E-state index in [1.54, 1.807) is 44.7 Å². The van der Waals surface area contributed by atoms with Crippen LogP contribution < -0.4 is 20.1 Å². The molecule has 2 N–H and O–H groups in total. The summed E-state index contributed by atoms with van der Waals surface area (Å²) >= 11 is 6.12. The molecule has 0 aliphatic rings. The molecule has 0 spiro atoms. The van der Waals surface area contributed by atoms with Crippen LogP contribution in [0.3, 0.4) is 0 Å². The number of amides is 1. The monoisotopic (exact) mass is 383 g/mol. The molecule has 27 heavy (non-hydrogen) atoms. The maximum Gasteiger partial charge on any atom is 0.274 e. The van der Waals surface area contributed by atoms with Crippen LogP contribution in [0, 0.1) is 0 Å². The Morgan fingerprint density at radius 3 is 2.33 bits per heavy atom. The fourth-order valence-electron chi connectivity index (χ4n) is 2.43. The number of benzene rings is 2. The standard InChI is InChI=1S/C20H18ClN3O3/c1-26-18-11-17(19(27-2)10-15(18)21)23-14-8-9-16(22-12-14)20(25)24-13-6-4-3-5-7-13/h3-12,23H,1-2H3,(H,24,25). The third-order valence-electron chi connectivity index (χ3n) is 3.78. The number of rotatable bonds is 6. The molecule has 0 atom stereocenters. The molecule has 3 aromatic rings. The second-order valence-corrected chi connectivity index (χ2v) is 5.97. The molecular weight excluding hydrogens is 366 g/mol. The zero-order valence-corrected chi connectivity index (χ0v) is 15.6. The lowest BCUT2D eigenvalue weighted by atomic mass is 10.2. The molecule has 3 rings (SSSR count). The van der Waals surface area contributed by atoms with Gasteiger partial charge in [-0.2, -0.15) is 0 Å². The minimum atomic E-state index is -0.279. The topological polar surface area (TPSA) is 72.5 Å². The zero-order chi connectivity index (χ0) is 19.2. The number of halogens is 1. The van der Waals surface area contributed by atoms with Gasteiger partial charge in [0, 0.05) is 17.8 Å². The number of para-hydroxylation sites is 1. The Labute approximate surface area is 162 Å². The van der Waals surface area contributed by atoms with Crippen molar-refractivity contribution in [3.8, 4) is 11.5 Å². The lowest BCUT2D eigenvalue weighted by molar-refractivity contribution is 0.102. The van der Waals surface area contributed by atoms with Gasteiger partial charge >= 0.3 is 0 Å². The Hall–Kier alpha value is -3.25. The predicted molar refractivity (Wildman–Crippen MR) is 106 cm³/mol. The van der Waals surface area contributed by atoms with E-state index in [1.165, 1.54) is 0 Å². The zero-order valence-electron chi connectivity index (χ0n) is 14.8. The van der Waals surface area contributed by atoms with Crippen molar-refractivity contribution in [2.45, 2.75) is 0 Å². The molecule has 7 heteroatoms. The van der Waals surface area contributed by atoms with Crippen LogP contribution in [0.5, 0.6) is 11.5 Å². The number of aromatic nitrogens is 1. The van der Waals surface area contributed by atoms with Gasteiger partial charge in [-0.05, 0) is 24.3 Å². The number of nitrogens with one attached hydrogen (secondary N) is 2. The van der Waals surface area contributed by atoms with Crippen molar-refractivity contribution >= 4 is 34.6 Å². The van der Waals surface area contributed by atoms with Gasteiger partial charge in [-0.25, -0.2) is 4.98 Å². The van der Waals surface area contributed by atoms with E-state index in [0.717, 1.165) is 0 Å². The molecule has 1 amide bonds. The van der Waals surface area contributed by atoms with Crippen LogP contribution in [-0.2, 0) is 0 Å². The van der Waals surface area contributed by atoms with Crippen LogP contribution >= 0.6 is 11.6 Å². The van der Waals surface area contributed by atoms with Crippen molar-refractivity contribution in [2.24, 2.45) is 0 Å². The molecule has 0 aliphatic heterocycles. The average molecular weight is 384 g/mol. The molecule has 2 aromatic carbocycles. The molecule has 1 heterocycles. The largest absolute Gasteiger partial charge is 0.495 e. The van der Waals surface area contributed by atoms with Crippen molar-refractivity contribution in [3.05, 3.63) is 71.5 Å². The molecule has 6 nitrogen and oxygen atoms in total. The van der Waals surface area contributed by atoms with Gasteiger partial charge in [0.05, 0.1) is 36.8 Å². The van der Waals surface area contributed by atoms with Gasteiger partial charge in [-0.15, -0.1) is 0 Å². The van der Waals surface area contributed by atoms with E-state index in [1.807, 2.05) is 30.3 Å². The Bertz CT molecular complexity index is 931. The Morgan fingerprint density at radius 2 is 1.70 bits per heavy atom. The number of carbonyl (C=O) groups excluding carboxylic acids is 1. The van der Waals surface area contributed by atoms with E-state index in [4.69, 9.17) is 21.1 Å². The van der Waals surface area contributed by atoms with Gasteiger partial charge in [0.1, 0.15) is 17.2 Å². The summed E-state index contributed by atoms with van der Waals surface area (Å²) in [6.45, 7) is 0. The number of anilines is 3. The van der Waals surface area contributed by atoms with E-state index in [0.29, 0.717) is 39.3 Å². The molecule has 138 valence electrons. The summed E-state index contributed by atoms with van der Waals surface area (Å²) in [5, 5.41) is 6.43. The summed E-state index contributed by atoms with van der Waals surface area (Å²) in [6, 6.07) is 16.0. The quantitative estimate of drug-likeness (QED) is 0.642. The molecule has 0 radical (unpaired) electrons. The smallest absolute Gasteiger partial charge is 0.274 e. The molecule has 0 saturated carbocycles. The first-order valence-electron chi connectivity index (χ1n) is 8.11. The molecule has 1 aromatic heterocycles. The van der Waals surface area contributed by atoms with Crippen LogP contribution in [0.4, 0.5) is 17.1 Å². The molecule has 0 aliphatic carbocycles. The maximum absolute atomic E-state index is 12.3. The van der Waals surface area contributed by atoms with E-state index in [9.17, 15) is 4.79 Å². The van der Waals surface area contributed by atoms with Crippen LogP contribution in [0.25, 0.3) is 0 Å². The highest BCUT2D eigenvalue weighted by Gasteiger charge is 2.11. The summed E-state index contributed by atoms with van der Waals surface area (Å²) in [7, 11) is 3.09. The first-order chi connectivity index (χ1) is 13.1. The Morgan fingerprint density at radius 1 is 0.963 bits per heavy atom. The number of hydrogen-bond donors (Lipinski definition) is 2. The summed E-state index contributed by atoms with van der Waals surface area (Å²) in [5.41, 5.74) is 2.38. The fraction of sp³-hybridized carbons (Fsp3) is 0.100.